The first-order valence-corrected chi connectivity index (χ1v) is 8.21. The molecule has 0 aliphatic heterocycles. The molecule has 1 N–H and O–H groups in total. The molecule has 1 aromatic rings. The molecule has 0 radical (unpaired) electrons. The molecule has 110 valence electrons. The minimum absolute atomic E-state index is 0.103. The maximum absolute atomic E-state index is 13.0. The quantitative estimate of drug-likeness (QED) is 0.875. The Bertz CT molecular complexity index is 633. The van der Waals surface area contributed by atoms with E-state index in [1.807, 2.05) is 0 Å². The maximum atomic E-state index is 13.0. The number of carboxylic acid groups (broad SMARTS) is 1. The van der Waals surface area contributed by atoms with E-state index in [1.165, 1.54) is 18.2 Å². The zero-order valence-electron chi connectivity index (χ0n) is 11.2. The van der Waals surface area contributed by atoms with E-state index in [-0.39, 0.29) is 17.9 Å². The van der Waals surface area contributed by atoms with Crippen LogP contribution in [-0.2, 0) is 20.4 Å². The Balaban J connectivity index is 2.10. The van der Waals surface area contributed by atoms with Gasteiger partial charge in [-0.2, -0.15) is 0 Å². The van der Waals surface area contributed by atoms with Gasteiger partial charge in [0.1, 0.15) is 5.82 Å². The van der Waals surface area contributed by atoms with Crippen molar-refractivity contribution in [1.82, 2.24) is 0 Å². The smallest absolute Gasteiger partial charge is 0.303 e. The second-order valence-electron chi connectivity index (χ2n) is 5.67. The third kappa shape index (κ3) is 3.79. The molecule has 0 heterocycles. The largest absolute Gasteiger partial charge is 0.481 e. The molecular weight excluding hydrogens is 283 g/mol. The molecule has 4 nitrogen and oxygen atoms in total. The minimum Gasteiger partial charge on any atom is -0.481 e. The molecule has 0 bridgehead atoms. The van der Waals surface area contributed by atoms with Gasteiger partial charge in [0, 0.05) is 0 Å². The van der Waals surface area contributed by atoms with Gasteiger partial charge in [-0.1, -0.05) is 6.07 Å². The van der Waals surface area contributed by atoms with E-state index in [9.17, 15) is 17.6 Å². The number of aryl methyl sites for hydroxylation is 1. The van der Waals surface area contributed by atoms with Gasteiger partial charge in [0.15, 0.2) is 9.84 Å². The van der Waals surface area contributed by atoms with Gasteiger partial charge in [-0.25, -0.2) is 12.8 Å². The highest BCUT2D eigenvalue weighted by atomic mass is 32.2. The number of benzene rings is 1. The van der Waals surface area contributed by atoms with E-state index in [0.717, 1.165) is 0 Å². The lowest BCUT2D eigenvalue weighted by Crippen LogP contribution is -2.22. The van der Waals surface area contributed by atoms with Crippen LogP contribution in [0.3, 0.4) is 0 Å². The summed E-state index contributed by atoms with van der Waals surface area (Å²) in [5.74, 6) is -1.63. The van der Waals surface area contributed by atoms with Crippen LogP contribution in [-0.4, -0.2) is 25.2 Å². The summed E-state index contributed by atoms with van der Waals surface area (Å²) in [5.41, 5.74) is 0.577. The lowest BCUT2D eigenvalue weighted by atomic mass is 10.1. The number of halogens is 1. The molecule has 2 rings (SSSR count). The highest BCUT2D eigenvalue weighted by Crippen LogP contribution is 2.50. The molecule has 1 saturated carbocycles. The van der Waals surface area contributed by atoms with Gasteiger partial charge >= 0.3 is 5.97 Å². The van der Waals surface area contributed by atoms with Crippen molar-refractivity contribution in [2.24, 2.45) is 5.41 Å². The summed E-state index contributed by atoms with van der Waals surface area (Å²) in [6.07, 6.45) is 1.18. The summed E-state index contributed by atoms with van der Waals surface area (Å²) in [6.45, 7) is 1.66. The summed E-state index contributed by atoms with van der Waals surface area (Å²) < 4.78 is 37.4. The highest BCUT2D eigenvalue weighted by molar-refractivity contribution is 7.90. The van der Waals surface area contributed by atoms with Crippen molar-refractivity contribution < 1.29 is 22.7 Å². The number of rotatable bonds is 6. The summed E-state index contributed by atoms with van der Waals surface area (Å²) in [4.78, 5) is 10.8. The van der Waals surface area contributed by atoms with E-state index >= 15 is 0 Å². The Labute approximate surface area is 117 Å². The van der Waals surface area contributed by atoms with Crippen LogP contribution in [0, 0.1) is 18.2 Å². The van der Waals surface area contributed by atoms with E-state index in [2.05, 4.69) is 0 Å². The molecule has 0 unspecified atom stereocenters. The fraction of sp³-hybridized carbons (Fsp3) is 0.500. The van der Waals surface area contributed by atoms with Crippen LogP contribution in [0.4, 0.5) is 4.39 Å². The molecular formula is C14H17FO4S. The van der Waals surface area contributed by atoms with E-state index in [4.69, 9.17) is 5.11 Å². The highest BCUT2D eigenvalue weighted by Gasteiger charge is 2.47. The molecule has 6 heteroatoms. The molecule has 0 aromatic heterocycles. The van der Waals surface area contributed by atoms with E-state index < -0.39 is 27.0 Å². The Morgan fingerprint density at radius 3 is 2.55 bits per heavy atom. The third-order valence-electron chi connectivity index (χ3n) is 3.69. The number of sulfone groups is 1. The number of aliphatic carboxylic acids is 1. The Kier molecular flexibility index (Phi) is 3.86. The number of carbonyl (C=O) groups is 1. The average Bonchev–Trinajstić information content (AvgIpc) is 2.99. The van der Waals surface area contributed by atoms with Crippen molar-refractivity contribution in [2.45, 2.75) is 31.9 Å². The average molecular weight is 300 g/mol. The van der Waals surface area contributed by atoms with E-state index in [1.54, 1.807) is 6.92 Å². The van der Waals surface area contributed by atoms with Crippen molar-refractivity contribution in [3.05, 3.63) is 35.1 Å². The van der Waals surface area contributed by atoms with Gasteiger partial charge in [0.05, 0.1) is 17.9 Å². The first-order valence-electron chi connectivity index (χ1n) is 6.39. The lowest BCUT2D eigenvalue weighted by molar-refractivity contribution is -0.138. The van der Waals surface area contributed by atoms with Gasteiger partial charge in [-0.15, -0.1) is 0 Å². The van der Waals surface area contributed by atoms with Crippen molar-refractivity contribution >= 4 is 15.8 Å². The second kappa shape index (κ2) is 5.16. The van der Waals surface area contributed by atoms with Crippen LogP contribution in [0.25, 0.3) is 0 Å². The number of hydrogen-bond donors (Lipinski definition) is 1. The Morgan fingerprint density at radius 2 is 2.05 bits per heavy atom. The molecule has 1 aliphatic carbocycles. The summed E-state index contributed by atoms with van der Waals surface area (Å²) in [7, 11) is -3.40. The fourth-order valence-corrected chi connectivity index (χ4v) is 4.67. The topological polar surface area (TPSA) is 71.4 Å². The zero-order valence-corrected chi connectivity index (χ0v) is 12.0. The summed E-state index contributed by atoms with van der Waals surface area (Å²) >= 11 is 0. The molecule has 0 spiro atoms. The van der Waals surface area contributed by atoms with Crippen LogP contribution < -0.4 is 0 Å². The predicted molar refractivity (Wildman–Crippen MR) is 72.5 cm³/mol. The Morgan fingerprint density at radius 1 is 1.40 bits per heavy atom. The monoisotopic (exact) mass is 300 g/mol. The maximum Gasteiger partial charge on any atom is 0.303 e. The van der Waals surface area contributed by atoms with Gasteiger partial charge in [-0.05, 0) is 48.4 Å². The van der Waals surface area contributed by atoms with Crippen LogP contribution in [0.1, 0.15) is 30.4 Å². The lowest BCUT2D eigenvalue weighted by Gasteiger charge is -2.14. The molecule has 20 heavy (non-hydrogen) atoms. The van der Waals surface area contributed by atoms with Crippen molar-refractivity contribution in [3.8, 4) is 0 Å². The molecule has 0 saturated heterocycles. The van der Waals surface area contributed by atoms with Crippen LogP contribution in [0.15, 0.2) is 18.2 Å². The summed E-state index contributed by atoms with van der Waals surface area (Å²) in [6, 6.07) is 4.01. The molecule has 0 atom stereocenters. The second-order valence-corrected chi connectivity index (χ2v) is 7.74. The molecule has 1 fully saturated rings. The predicted octanol–water partition coefficient (Wildman–Crippen LogP) is 2.30. The van der Waals surface area contributed by atoms with Crippen LogP contribution >= 0.6 is 0 Å². The van der Waals surface area contributed by atoms with Crippen LogP contribution in [0.5, 0.6) is 0 Å². The Hall–Kier alpha value is -1.43. The van der Waals surface area contributed by atoms with Crippen LogP contribution in [0.2, 0.25) is 0 Å². The molecule has 1 aliphatic rings. The van der Waals surface area contributed by atoms with Gasteiger partial charge in [0.25, 0.3) is 0 Å². The summed E-state index contributed by atoms with van der Waals surface area (Å²) in [5, 5.41) is 8.81. The van der Waals surface area contributed by atoms with E-state index in [0.29, 0.717) is 24.0 Å². The van der Waals surface area contributed by atoms with Gasteiger partial charge in [0.2, 0.25) is 0 Å². The normalized spacial score (nSPS) is 16.9. The first kappa shape index (κ1) is 15.0. The number of hydrogen-bond acceptors (Lipinski definition) is 3. The fourth-order valence-electron chi connectivity index (χ4n) is 2.45. The molecule has 1 aromatic carbocycles. The first-order chi connectivity index (χ1) is 9.21. The van der Waals surface area contributed by atoms with Gasteiger partial charge < -0.3 is 5.11 Å². The molecule has 0 amide bonds. The van der Waals surface area contributed by atoms with Crippen molar-refractivity contribution in [3.63, 3.8) is 0 Å². The van der Waals surface area contributed by atoms with Crippen molar-refractivity contribution in [1.29, 1.82) is 0 Å². The zero-order chi connectivity index (χ0) is 15.0. The number of carboxylic acids is 1. The van der Waals surface area contributed by atoms with Gasteiger partial charge in [-0.3, -0.25) is 4.79 Å². The minimum atomic E-state index is -3.40. The standard InChI is InChI=1S/C14H17FO4S/c1-10-6-12(15)3-2-11(10)8-20(18,19)9-14(4-5-14)7-13(16)17/h2-3,6H,4-5,7-9H2,1H3,(H,16,17). The third-order valence-corrected chi connectivity index (χ3v) is 5.49. The SMILES string of the molecule is Cc1cc(F)ccc1CS(=O)(=O)CC1(CC(=O)O)CC1. The van der Waals surface area contributed by atoms with Crippen molar-refractivity contribution in [2.75, 3.05) is 5.75 Å².